The number of halogens is 1. The van der Waals surface area contributed by atoms with Gasteiger partial charge in [0.2, 0.25) is 10.0 Å². The Kier molecular flexibility index (Phi) is 4.46. The summed E-state index contributed by atoms with van der Waals surface area (Å²) in [6.45, 7) is -0.0299. The third-order valence-corrected chi connectivity index (χ3v) is 5.19. The maximum atomic E-state index is 13.2. The van der Waals surface area contributed by atoms with Gasteiger partial charge in [-0.2, -0.15) is 11.3 Å². The van der Waals surface area contributed by atoms with E-state index in [1.807, 2.05) is 16.8 Å². The minimum atomic E-state index is -3.82. The first-order valence-electron chi connectivity index (χ1n) is 6.64. The zero-order valence-corrected chi connectivity index (χ0v) is 13.4. The van der Waals surface area contributed by atoms with Crippen LogP contribution in [0.2, 0.25) is 0 Å². The number of aromatic nitrogens is 2. The van der Waals surface area contributed by atoms with Gasteiger partial charge in [0.1, 0.15) is 5.82 Å². The van der Waals surface area contributed by atoms with E-state index in [1.54, 1.807) is 6.20 Å². The molecule has 0 aliphatic rings. The van der Waals surface area contributed by atoms with Gasteiger partial charge in [0.05, 0.1) is 22.8 Å². The highest BCUT2D eigenvalue weighted by molar-refractivity contribution is 7.89. The number of hydrogen-bond acceptors (Lipinski definition) is 5. The number of nitrogens with zero attached hydrogens (tertiary/aromatic N) is 2. The van der Waals surface area contributed by atoms with Crippen LogP contribution in [0.15, 0.2) is 58.4 Å². The largest absolute Gasteiger partial charge is 0.256 e. The van der Waals surface area contributed by atoms with Gasteiger partial charge in [-0.1, -0.05) is 6.07 Å². The van der Waals surface area contributed by atoms with Gasteiger partial charge in [0.25, 0.3) is 0 Å². The highest BCUT2D eigenvalue weighted by atomic mass is 32.2. The van der Waals surface area contributed by atoms with E-state index < -0.39 is 15.8 Å². The molecule has 0 amide bonds. The fourth-order valence-electron chi connectivity index (χ4n) is 2.02. The molecule has 0 bridgehead atoms. The Hall–Kier alpha value is -2.16. The minimum absolute atomic E-state index is 0.0299. The molecule has 1 aromatic carbocycles. The number of thiophene rings is 1. The van der Waals surface area contributed by atoms with Crippen molar-refractivity contribution in [1.82, 2.24) is 14.7 Å². The van der Waals surface area contributed by atoms with Gasteiger partial charge < -0.3 is 0 Å². The van der Waals surface area contributed by atoms with Gasteiger partial charge in [-0.15, -0.1) is 0 Å². The Labute approximate surface area is 136 Å². The quantitative estimate of drug-likeness (QED) is 0.769. The monoisotopic (exact) mass is 349 g/mol. The Bertz CT molecular complexity index is 912. The predicted octanol–water partition coefficient (Wildman–Crippen LogP) is 2.82. The average molecular weight is 349 g/mol. The second kappa shape index (κ2) is 6.53. The van der Waals surface area contributed by atoms with Gasteiger partial charge in [0.15, 0.2) is 0 Å². The van der Waals surface area contributed by atoms with Crippen LogP contribution in [0.1, 0.15) is 5.69 Å². The zero-order valence-electron chi connectivity index (χ0n) is 11.8. The van der Waals surface area contributed by atoms with Crippen LogP contribution in [-0.4, -0.2) is 18.4 Å². The highest BCUT2D eigenvalue weighted by Gasteiger charge is 2.16. The first-order chi connectivity index (χ1) is 11.1. The van der Waals surface area contributed by atoms with E-state index in [2.05, 4.69) is 14.7 Å². The topological polar surface area (TPSA) is 72.0 Å². The van der Waals surface area contributed by atoms with Crippen LogP contribution in [0.25, 0.3) is 11.3 Å². The van der Waals surface area contributed by atoms with Gasteiger partial charge in [-0.3, -0.25) is 9.97 Å². The fourth-order valence-corrected chi connectivity index (χ4v) is 3.68. The van der Waals surface area contributed by atoms with Gasteiger partial charge >= 0.3 is 0 Å². The van der Waals surface area contributed by atoms with Crippen molar-refractivity contribution in [3.63, 3.8) is 0 Å². The lowest BCUT2D eigenvalue weighted by Gasteiger charge is -2.09. The van der Waals surface area contributed by atoms with Crippen LogP contribution >= 0.6 is 11.3 Å². The molecular weight excluding hydrogens is 337 g/mol. The molecule has 2 aromatic heterocycles. The summed E-state index contributed by atoms with van der Waals surface area (Å²) in [7, 11) is -3.82. The van der Waals surface area contributed by atoms with Gasteiger partial charge in [0, 0.05) is 23.3 Å². The third-order valence-electron chi connectivity index (χ3n) is 3.10. The molecule has 0 saturated heterocycles. The lowest BCUT2D eigenvalue weighted by molar-refractivity contribution is 0.576. The second-order valence-electron chi connectivity index (χ2n) is 4.65. The molecule has 3 rings (SSSR count). The van der Waals surface area contributed by atoms with Crippen molar-refractivity contribution in [2.24, 2.45) is 0 Å². The number of rotatable bonds is 5. The van der Waals surface area contributed by atoms with E-state index >= 15 is 0 Å². The molecular formula is C15H12FN3O2S2. The maximum absolute atomic E-state index is 13.2. The summed E-state index contributed by atoms with van der Waals surface area (Å²) in [5.74, 6) is -0.605. The summed E-state index contributed by atoms with van der Waals surface area (Å²) >= 11 is 1.52. The first-order valence-corrected chi connectivity index (χ1v) is 9.06. The molecule has 118 valence electrons. The van der Waals surface area contributed by atoms with E-state index in [0.717, 1.165) is 11.6 Å². The number of sulfonamides is 1. The Morgan fingerprint density at radius 3 is 2.74 bits per heavy atom. The molecule has 8 heteroatoms. The smallest absolute Gasteiger partial charge is 0.241 e. The van der Waals surface area contributed by atoms with Gasteiger partial charge in [-0.05, 0) is 29.6 Å². The molecule has 0 aliphatic heterocycles. The van der Waals surface area contributed by atoms with Crippen molar-refractivity contribution < 1.29 is 12.8 Å². The van der Waals surface area contributed by atoms with Crippen molar-refractivity contribution in [3.05, 3.63) is 65.0 Å². The summed E-state index contributed by atoms with van der Waals surface area (Å²) in [5, 5.41) is 3.82. The Morgan fingerprint density at radius 2 is 2.00 bits per heavy atom. The summed E-state index contributed by atoms with van der Waals surface area (Å²) in [5.41, 5.74) is 2.00. The van der Waals surface area contributed by atoms with E-state index in [0.29, 0.717) is 11.4 Å². The number of benzene rings is 1. The predicted molar refractivity (Wildman–Crippen MR) is 85.8 cm³/mol. The van der Waals surface area contributed by atoms with Crippen LogP contribution in [0.4, 0.5) is 4.39 Å². The summed E-state index contributed by atoms with van der Waals surface area (Å²) in [6, 6.07) is 6.74. The number of hydrogen-bond donors (Lipinski definition) is 1. The van der Waals surface area contributed by atoms with Crippen molar-refractivity contribution in [2.45, 2.75) is 11.4 Å². The molecule has 3 aromatic rings. The standard InChI is InChI=1S/C15H12FN3O2S2/c16-12-2-1-3-13(8-12)23(20,21)19-9-14-15(18-6-5-17-14)11-4-7-22-10-11/h1-8,10,19H,9H2. The van der Waals surface area contributed by atoms with Crippen LogP contribution in [0, 0.1) is 5.82 Å². The molecule has 1 N–H and O–H groups in total. The third kappa shape index (κ3) is 3.61. The van der Waals surface area contributed by atoms with Crippen LogP contribution in [0.3, 0.4) is 0 Å². The molecule has 23 heavy (non-hydrogen) atoms. The van der Waals surface area contributed by atoms with E-state index in [-0.39, 0.29) is 11.4 Å². The molecule has 5 nitrogen and oxygen atoms in total. The maximum Gasteiger partial charge on any atom is 0.241 e. The van der Waals surface area contributed by atoms with Crippen molar-refractivity contribution >= 4 is 21.4 Å². The summed E-state index contributed by atoms with van der Waals surface area (Å²) in [4.78, 5) is 8.32. The number of nitrogens with one attached hydrogen (secondary N) is 1. The molecule has 2 heterocycles. The summed E-state index contributed by atoms with van der Waals surface area (Å²) < 4.78 is 40.1. The van der Waals surface area contributed by atoms with Crippen molar-refractivity contribution in [1.29, 1.82) is 0 Å². The van der Waals surface area contributed by atoms with Crippen molar-refractivity contribution in [2.75, 3.05) is 0 Å². The first kappa shape index (κ1) is 15.7. The van der Waals surface area contributed by atoms with Gasteiger partial charge in [-0.25, -0.2) is 17.5 Å². The average Bonchev–Trinajstić information content (AvgIpc) is 3.08. The molecule has 0 saturated carbocycles. The van der Waals surface area contributed by atoms with Crippen LogP contribution < -0.4 is 4.72 Å². The molecule has 0 spiro atoms. The van der Waals surface area contributed by atoms with Crippen LogP contribution in [0.5, 0.6) is 0 Å². The normalized spacial score (nSPS) is 11.5. The Balaban J connectivity index is 1.84. The van der Waals surface area contributed by atoms with E-state index in [1.165, 1.54) is 35.7 Å². The minimum Gasteiger partial charge on any atom is -0.256 e. The molecule has 0 fully saturated rings. The van der Waals surface area contributed by atoms with E-state index in [4.69, 9.17) is 0 Å². The SMILES string of the molecule is O=S(=O)(NCc1nccnc1-c1ccsc1)c1cccc(F)c1. The Morgan fingerprint density at radius 1 is 1.17 bits per heavy atom. The molecule has 0 unspecified atom stereocenters. The lowest BCUT2D eigenvalue weighted by Crippen LogP contribution is -2.24. The summed E-state index contributed by atoms with van der Waals surface area (Å²) in [6.07, 6.45) is 3.05. The molecule has 0 aliphatic carbocycles. The van der Waals surface area contributed by atoms with E-state index in [9.17, 15) is 12.8 Å². The molecule has 0 atom stereocenters. The zero-order chi connectivity index (χ0) is 16.3. The van der Waals surface area contributed by atoms with Crippen molar-refractivity contribution in [3.8, 4) is 11.3 Å². The second-order valence-corrected chi connectivity index (χ2v) is 7.19. The van der Waals surface area contributed by atoms with Crippen LogP contribution in [-0.2, 0) is 16.6 Å². The highest BCUT2D eigenvalue weighted by Crippen LogP contribution is 2.22. The molecule has 0 radical (unpaired) electrons. The lowest BCUT2D eigenvalue weighted by atomic mass is 10.2. The fraction of sp³-hybridized carbons (Fsp3) is 0.0667.